The van der Waals surface area contributed by atoms with Crippen LogP contribution in [0.5, 0.6) is 5.75 Å². The number of rotatable bonds is 4. The van der Waals surface area contributed by atoms with Gasteiger partial charge in [0.05, 0.1) is 17.3 Å². The SMILES string of the molecule is CC(C)N(C(=O)Oc1c(C(F)(F)F)cc(C(F)(F)F)nc1N1C[C@H](O)[C@H](O)C1=O)c1cc(Cl)c(F)cc1F. The quantitative estimate of drug-likeness (QED) is 0.409. The number of carbonyl (C=O) groups is 2. The number of anilines is 2. The van der Waals surface area contributed by atoms with E-state index in [1.54, 1.807) is 0 Å². The first-order valence-corrected chi connectivity index (χ1v) is 10.7. The number of carbonyl (C=O) groups excluding carboxylic acids is 2. The number of ether oxygens (including phenoxy) is 1. The molecule has 2 heterocycles. The van der Waals surface area contributed by atoms with E-state index in [-0.39, 0.29) is 11.0 Å². The van der Waals surface area contributed by atoms with Gasteiger partial charge in [0.25, 0.3) is 5.91 Å². The Morgan fingerprint density at radius 3 is 2.18 bits per heavy atom. The number of pyridine rings is 1. The minimum absolute atomic E-state index is 0.0808. The van der Waals surface area contributed by atoms with Crippen molar-refractivity contribution >= 4 is 35.1 Å². The van der Waals surface area contributed by atoms with E-state index in [0.717, 1.165) is 0 Å². The van der Waals surface area contributed by atoms with Gasteiger partial charge in [-0.3, -0.25) is 14.6 Å². The van der Waals surface area contributed by atoms with Gasteiger partial charge in [-0.2, -0.15) is 26.3 Å². The maximum atomic E-state index is 14.5. The zero-order chi connectivity index (χ0) is 28.9. The van der Waals surface area contributed by atoms with Crippen molar-refractivity contribution in [2.45, 2.75) is 44.4 Å². The Labute approximate surface area is 213 Å². The second kappa shape index (κ2) is 10.1. The van der Waals surface area contributed by atoms with Crippen LogP contribution in [0.3, 0.4) is 0 Å². The van der Waals surface area contributed by atoms with E-state index in [4.69, 9.17) is 16.3 Å². The lowest BCUT2D eigenvalue weighted by Crippen LogP contribution is -2.40. The van der Waals surface area contributed by atoms with Crippen LogP contribution < -0.4 is 14.5 Å². The third-order valence-electron chi connectivity index (χ3n) is 5.21. The molecule has 0 radical (unpaired) electrons. The second-order valence-corrected chi connectivity index (χ2v) is 8.62. The van der Waals surface area contributed by atoms with Crippen LogP contribution in [0.4, 0.5) is 51.4 Å². The Bertz CT molecular complexity index is 1270. The van der Waals surface area contributed by atoms with Crippen LogP contribution in [0.1, 0.15) is 25.1 Å². The first-order chi connectivity index (χ1) is 17.3. The van der Waals surface area contributed by atoms with Gasteiger partial charge in [0.15, 0.2) is 17.7 Å². The summed E-state index contributed by atoms with van der Waals surface area (Å²) in [7, 11) is 0. The van der Waals surface area contributed by atoms with E-state index in [9.17, 15) is 54.9 Å². The summed E-state index contributed by atoms with van der Waals surface area (Å²) in [6.45, 7) is 1.47. The fraction of sp³-hybridized carbons (Fsp3) is 0.381. The highest BCUT2D eigenvalue weighted by atomic mass is 35.5. The molecule has 1 aromatic carbocycles. The lowest BCUT2D eigenvalue weighted by atomic mass is 10.1. The lowest BCUT2D eigenvalue weighted by Gasteiger charge is -2.28. The molecule has 1 aliphatic rings. The Balaban J connectivity index is 2.24. The molecule has 1 fully saturated rings. The summed E-state index contributed by atoms with van der Waals surface area (Å²) in [4.78, 5) is 28.8. The number of benzene rings is 1. The van der Waals surface area contributed by atoms with Gasteiger partial charge in [-0.25, -0.2) is 18.6 Å². The number of aliphatic hydroxyl groups excluding tert-OH is 2. The molecule has 0 bridgehead atoms. The largest absolute Gasteiger partial charge is 0.433 e. The van der Waals surface area contributed by atoms with Crippen molar-refractivity contribution in [3.8, 4) is 5.75 Å². The molecule has 2 atom stereocenters. The molecule has 38 heavy (non-hydrogen) atoms. The van der Waals surface area contributed by atoms with Crippen LogP contribution in [0.2, 0.25) is 5.02 Å². The topological polar surface area (TPSA) is 103 Å². The van der Waals surface area contributed by atoms with Crippen molar-refractivity contribution in [3.63, 3.8) is 0 Å². The number of aromatic nitrogens is 1. The van der Waals surface area contributed by atoms with Gasteiger partial charge >= 0.3 is 18.4 Å². The Morgan fingerprint density at radius 1 is 1.11 bits per heavy atom. The van der Waals surface area contributed by atoms with Gasteiger partial charge < -0.3 is 14.9 Å². The summed E-state index contributed by atoms with van der Waals surface area (Å²) in [6, 6.07) is -0.677. The molecule has 208 valence electrons. The molecule has 1 saturated heterocycles. The number of amides is 2. The van der Waals surface area contributed by atoms with Crippen LogP contribution in [-0.4, -0.2) is 52.0 Å². The molecule has 2 N–H and O–H groups in total. The summed E-state index contributed by atoms with van der Waals surface area (Å²) in [6.07, 6.45) is -17.1. The van der Waals surface area contributed by atoms with E-state index >= 15 is 0 Å². The summed E-state index contributed by atoms with van der Waals surface area (Å²) in [5, 5.41) is 18.8. The zero-order valence-corrected chi connectivity index (χ0v) is 19.8. The van der Waals surface area contributed by atoms with Crippen molar-refractivity contribution in [3.05, 3.63) is 46.1 Å². The molecule has 3 rings (SSSR count). The maximum Gasteiger partial charge on any atom is 0.433 e. The van der Waals surface area contributed by atoms with Crippen LogP contribution in [0.25, 0.3) is 0 Å². The van der Waals surface area contributed by atoms with Crippen LogP contribution >= 0.6 is 11.6 Å². The Hall–Kier alpha value is -3.24. The van der Waals surface area contributed by atoms with Crippen LogP contribution in [0.15, 0.2) is 18.2 Å². The van der Waals surface area contributed by atoms with Crippen molar-refractivity contribution < 1.29 is 59.7 Å². The van der Waals surface area contributed by atoms with Gasteiger partial charge in [0, 0.05) is 12.1 Å². The zero-order valence-electron chi connectivity index (χ0n) is 19.0. The molecule has 2 amide bonds. The number of β-amino-alcohol motifs (C(OH)–C–C–N with tert-alkyl or cyclic N) is 1. The minimum atomic E-state index is -5.62. The molecule has 0 spiro atoms. The molecule has 17 heteroatoms. The Morgan fingerprint density at radius 2 is 1.71 bits per heavy atom. The lowest BCUT2D eigenvalue weighted by molar-refractivity contribution is -0.146. The predicted octanol–water partition coefficient (Wildman–Crippen LogP) is 4.53. The molecule has 2 aromatic rings. The fourth-order valence-corrected chi connectivity index (χ4v) is 3.63. The van der Waals surface area contributed by atoms with Gasteiger partial charge in [0.1, 0.15) is 29.0 Å². The van der Waals surface area contributed by atoms with Gasteiger partial charge in [0.2, 0.25) is 0 Å². The number of nitrogens with zero attached hydrogens (tertiary/aromatic N) is 3. The predicted molar refractivity (Wildman–Crippen MR) is 114 cm³/mol. The number of halogens is 9. The van der Waals surface area contributed by atoms with Crippen molar-refractivity contribution in [2.75, 3.05) is 16.3 Å². The molecular weight excluding hydrogens is 562 g/mol. The van der Waals surface area contributed by atoms with Crippen molar-refractivity contribution in [2.24, 2.45) is 0 Å². The number of hydrogen-bond acceptors (Lipinski definition) is 6. The van der Waals surface area contributed by atoms with Crippen molar-refractivity contribution in [1.82, 2.24) is 4.98 Å². The first kappa shape index (κ1) is 29.3. The summed E-state index contributed by atoms with van der Waals surface area (Å²) in [5.74, 6) is -7.36. The van der Waals surface area contributed by atoms with Crippen molar-refractivity contribution in [1.29, 1.82) is 0 Å². The average Bonchev–Trinajstić information content (AvgIpc) is 3.02. The van der Waals surface area contributed by atoms with E-state index in [2.05, 4.69) is 4.98 Å². The molecule has 8 nitrogen and oxygen atoms in total. The standard InChI is InChI=1S/C21H16ClF8N3O5/c1-7(2)33(12-4-9(22)10(23)5-11(12)24)19(37)38-16-8(20(25,26)27)3-14(21(28,29)30)31-17(16)32-6-13(34)15(35)18(32)36/h3-5,7,13,15,34-35H,6H2,1-2H3/t13-,15-/m0/s1. The smallest absolute Gasteiger partial charge is 0.405 e. The van der Waals surface area contributed by atoms with Gasteiger partial charge in [-0.05, 0) is 26.0 Å². The first-order valence-electron chi connectivity index (χ1n) is 10.4. The monoisotopic (exact) mass is 577 g/mol. The average molecular weight is 578 g/mol. The normalized spacial score (nSPS) is 18.4. The third kappa shape index (κ3) is 5.61. The fourth-order valence-electron chi connectivity index (χ4n) is 3.47. The van der Waals surface area contributed by atoms with Crippen LogP contribution in [0, 0.1) is 11.6 Å². The number of aliphatic hydroxyl groups is 2. The molecule has 0 aliphatic carbocycles. The molecule has 0 saturated carbocycles. The summed E-state index contributed by atoms with van der Waals surface area (Å²) < 4.78 is 115. The number of hydrogen-bond donors (Lipinski definition) is 2. The number of alkyl halides is 6. The maximum absolute atomic E-state index is 14.5. The van der Waals surface area contributed by atoms with E-state index in [1.165, 1.54) is 13.8 Å². The highest BCUT2D eigenvalue weighted by molar-refractivity contribution is 6.31. The molecule has 0 unspecified atom stereocenters. The molecular formula is C21H16ClF8N3O5. The third-order valence-corrected chi connectivity index (χ3v) is 5.50. The van der Waals surface area contributed by atoms with Gasteiger partial charge in [-0.15, -0.1) is 0 Å². The minimum Gasteiger partial charge on any atom is -0.405 e. The van der Waals surface area contributed by atoms with Crippen LogP contribution in [-0.2, 0) is 17.1 Å². The highest BCUT2D eigenvalue weighted by Gasteiger charge is 2.47. The summed E-state index contributed by atoms with van der Waals surface area (Å²) in [5.41, 5.74) is -5.09. The molecule has 1 aromatic heterocycles. The second-order valence-electron chi connectivity index (χ2n) is 8.21. The van der Waals surface area contributed by atoms with Gasteiger partial charge in [-0.1, -0.05) is 11.6 Å². The summed E-state index contributed by atoms with van der Waals surface area (Å²) >= 11 is 5.62. The Kier molecular flexibility index (Phi) is 7.83. The van der Waals surface area contributed by atoms with E-state index in [0.29, 0.717) is 11.0 Å². The molecule has 1 aliphatic heterocycles. The highest BCUT2D eigenvalue weighted by Crippen LogP contribution is 2.45. The van der Waals surface area contributed by atoms with E-state index in [1.807, 2.05) is 0 Å². The van der Waals surface area contributed by atoms with E-state index < -0.39 is 100 Å².